The van der Waals surface area contributed by atoms with E-state index in [-0.39, 0.29) is 5.91 Å². The molecule has 4 rings (SSSR count). The van der Waals surface area contributed by atoms with Gasteiger partial charge in [0.1, 0.15) is 12.4 Å². The highest BCUT2D eigenvalue weighted by Crippen LogP contribution is 2.37. The van der Waals surface area contributed by atoms with Crippen LogP contribution in [0.2, 0.25) is 5.02 Å². The zero-order valence-electron chi connectivity index (χ0n) is 19.1. The van der Waals surface area contributed by atoms with E-state index in [1.165, 1.54) is 6.08 Å². The number of benzene rings is 2. The highest BCUT2D eigenvalue weighted by molar-refractivity contribution is 6.34. The molecule has 8 nitrogen and oxygen atoms in total. The number of hydrogen-bond donors (Lipinski definition) is 1. The maximum Gasteiger partial charge on any atom is 0.248 e. The van der Waals surface area contributed by atoms with Crippen LogP contribution in [0, 0.1) is 13.8 Å². The number of aromatic nitrogens is 1. The van der Waals surface area contributed by atoms with E-state index in [0.717, 1.165) is 29.0 Å². The molecule has 178 valence electrons. The van der Waals surface area contributed by atoms with Gasteiger partial charge in [0.25, 0.3) is 0 Å². The monoisotopic (exact) mass is 484 g/mol. The molecule has 2 aromatic carbocycles. The molecule has 2 heterocycles. The highest BCUT2D eigenvalue weighted by atomic mass is 35.5. The number of amides is 1. The van der Waals surface area contributed by atoms with Crippen molar-refractivity contribution in [2.45, 2.75) is 26.9 Å². The van der Waals surface area contributed by atoms with Gasteiger partial charge in [0.2, 0.25) is 5.91 Å². The highest BCUT2D eigenvalue weighted by Gasteiger charge is 2.15. The lowest BCUT2D eigenvalue weighted by atomic mass is 10.1. The average molecular weight is 485 g/mol. The van der Waals surface area contributed by atoms with Gasteiger partial charge >= 0.3 is 0 Å². The lowest BCUT2D eigenvalue weighted by Crippen LogP contribution is -2.08. The summed E-state index contributed by atoms with van der Waals surface area (Å²) in [7, 11) is 1.56. The van der Waals surface area contributed by atoms with Crippen molar-refractivity contribution >= 4 is 29.3 Å². The first-order valence-electron chi connectivity index (χ1n) is 10.8. The number of hydrogen-bond acceptors (Lipinski definition) is 7. The van der Waals surface area contributed by atoms with E-state index in [2.05, 4.69) is 10.5 Å². The summed E-state index contributed by atoms with van der Waals surface area (Å²) in [4.78, 5) is 12.5. The van der Waals surface area contributed by atoms with Gasteiger partial charge in [-0.3, -0.25) is 4.79 Å². The van der Waals surface area contributed by atoms with Crippen LogP contribution in [0.25, 0.3) is 6.08 Å². The normalized spacial score (nSPS) is 12.9. The van der Waals surface area contributed by atoms with Crippen molar-refractivity contribution in [2.24, 2.45) is 0 Å². The second-order valence-electron chi connectivity index (χ2n) is 7.65. The second kappa shape index (κ2) is 10.5. The Bertz CT molecular complexity index is 1200. The van der Waals surface area contributed by atoms with Crippen molar-refractivity contribution in [3.05, 3.63) is 64.0 Å². The van der Waals surface area contributed by atoms with Gasteiger partial charge in [-0.25, -0.2) is 0 Å². The number of aryl methyl sites for hydroxylation is 2. The van der Waals surface area contributed by atoms with E-state index in [4.69, 9.17) is 35.1 Å². The minimum Gasteiger partial charge on any atom is -0.493 e. The third kappa shape index (κ3) is 5.46. The number of ether oxygens (including phenoxy) is 4. The molecule has 3 aromatic rings. The molecule has 1 aliphatic rings. The molecule has 1 aliphatic heterocycles. The number of nitrogens with one attached hydrogen (secondary N) is 1. The molecule has 0 saturated heterocycles. The lowest BCUT2D eigenvalue weighted by molar-refractivity contribution is -0.111. The Hall–Kier alpha value is -3.65. The van der Waals surface area contributed by atoms with Crippen molar-refractivity contribution < 1.29 is 28.3 Å². The summed E-state index contributed by atoms with van der Waals surface area (Å²) in [6.07, 6.45) is 3.87. The predicted molar refractivity (Wildman–Crippen MR) is 128 cm³/mol. The number of methoxy groups -OCH3 is 1. The first kappa shape index (κ1) is 23.5. The van der Waals surface area contributed by atoms with Crippen LogP contribution < -0.4 is 24.3 Å². The number of carbonyl (C=O) groups is 1. The van der Waals surface area contributed by atoms with Crippen LogP contribution in [0.4, 0.5) is 5.69 Å². The fraction of sp³-hybridized carbons (Fsp3) is 0.280. The van der Waals surface area contributed by atoms with Gasteiger partial charge < -0.3 is 28.8 Å². The molecule has 0 fully saturated rings. The van der Waals surface area contributed by atoms with Crippen LogP contribution in [0.15, 0.2) is 40.9 Å². The van der Waals surface area contributed by atoms with E-state index < -0.39 is 0 Å². The van der Waals surface area contributed by atoms with Crippen LogP contribution in [-0.4, -0.2) is 31.4 Å². The zero-order chi connectivity index (χ0) is 24.1. The van der Waals surface area contributed by atoms with Gasteiger partial charge in [-0.2, -0.15) is 0 Å². The van der Waals surface area contributed by atoms with Crippen molar-refractivity contribution in [3.63, 3.8) is 0 Å². The number of carbonyl (C=O) groups excluding carboxylic acids is 1. The Kier molecular flexibility index (Phi) is 7.27. The summed E-state index contributed by atoms with van der Waals surface area (Å²) in [6.45, 7) is 5.12. The minimum atomic E-state index is -0.339. The van der Waals surface area contributed by atoms with Crippen molar-refractivity contribution in [1.29, 1.82) is 0 Å². The molecule has 0 saturated carbocycles. The smallest absolute Gasteiger partial charge is 0.248 e. The summed E-state index contributed by atoms with van der Waals surface area (Å²) in [5.41, 5.74) is 2.90. The summed E-state index contributed by atoms with van der Waals surface area (Å²) < 4.78 is 27.8. The number of halogens is 1. The van der Waals surface area contributed by atoms with Gasteiger partial charge in [0.15, 0.2) is 23.0 Å². The number of nitrogens with zero attached hydrogens (tertiary/aromatic N) is 1. The van der Waals surface area contributed by atoms with Gasteiger partial charge in [0, 0.05) is 24.6 Å². The molecule has 0 bridgehead atoms. The van der Waals surface area contributed by atoms with Crippen LogP contribution in [0.3, 0.4) is 0 Å². The lowest BCUT2D eigenvalue weighted by Gasteiger charge is -2.12. The SMILES string of the molecule is COc1cc(/C=C/C(=O)Nc2cc3c(cc2Cl)OCCCO3)ccc1OCc1c(C)noc1C. The molecule has 0 aliphatic carbocycles. The van der Waals surface area contributed by atoms with Crippen LogP contribution in [0.1, 0.15) is 29.0 Å². The predicted octanol–water partition coefficient (Wildman–Crippen LogP) is 5.35. The number of fused-ring (bicyclic) bond motifs is 1. The van der Waals surface area contributed by atoms with Gasteiger partial charge in [-0.15, -0.1) is 0 Å². The van der Waals surface area contributed by atoms with Crippen LogP contribution in [0.5, 0.6) is 23.0 Å². The van der Waals surface area contributed by atoms with Crippen molar-refractivity contribution in [3.8, 4) is 23.0 Å². The molecule has 34 heavy (non-hydrogen) atoms. The summed E-state index contributed by atoms with van der Waals surface area (Å²) in [5, 5.41) is 7.07. The van der Waals surface area contributed by atoms with Gasteiger partial charge in [-0.05, 0) is 37.6 Å². The Labute approximate surface area is 202 Å². The molecule has 1 aromatic heterocycles. The summed E-state index contributed by atoms with van der Waals surface area (Å²) in [5.74, 6) is 2.62. The first-order chi connectivity index (χ1) is 16.4. The maximum atomic E-state index is 12.5. The largest absolute Gasteiger partial charge is 0.493 e. The molecule has 0 atom stereocenters. The molecule has 1 amide bonds. The molecule has 0 radical (unpaired) electrons. The van der Waals surface area contributed by atoms with E-state index in [9.17, 15) is 4.79 Å². The van der Waals surface area contributed by atoms with E-state index in [1.54, 1.807) is 37.5 Å². The molecule has 0 unspecified atom stereocenters. The summed E-state index contributed by atoms with van der Waals surface area (Å²) >= 11 is 6.30. The van der Waals surface area contributed by atoms with Crippen molar-refractivity contribution in [1.82, 2.24) is 5.16 Å². The fourth-order valence-electron chi connectivity index (χ4n) is 3.39. The topological polar surface area (TPSA) is 92.1 Å². The third-order valence-electron chi connectivity index (χ3n) is 5.26. The Balaban J connectivity index is 1.42. The van der Waals surface area contributed by atoms with Crippen LogP contribution in [-0.2, 0) is 11.4 Å². The standard InChI is InChI=1S/C25H25ClN2O6/c1-15-18(16(2)34-28-15)14-33-21-7-5-17(11-22(21)30-3)6-8-25(29)27-20-13-24-23(12-19(20)26)31-9-4-10-32-24/h5-8,11-13H,4,9-10,14H2,1-3H3,(H,27,29)/b8-6+. The summed E-state index contributed by atoms with van der Waals surface area (Å²) in [6, 6.07) is 8.72. The average Bonchev–Trinajstić information content (AvgIpc) is 3.00. The zero-order valence-corrected chi connectivity index (χ0v) is 19.9. The van der Waals surface area contributed by atoms with E-state index in [1.807, 2.05) is 19.9 Å². The quantitative estimate of drug-likeness (QED) is 0.452. The molecule has 1 N–H and O–H groups in total. The molecular weight excluding hydrogens is 460 g/mol. The van der Waals surface area contributed by atoms with Gasteiger partial charge in [-0.1, -0.05) is 22.8 Å². The molecule has 0 spiro atoms. The third-order valence-corrected chi connectivity index (χ3v) is 5.58. The number of rotatable bonds is 7. The fourth-order valence-corrected chi connectivity index (χ4v) is 3.59. The first-order valence-corrected chi connectivity index (χ1v) is 11.1. The van der Waals surface area contributed by atoms with E-state index >= 15 is 0 Å². The minimum absolute atomic E-state index is 0.311. The van der Waals surface area contributed by atoms with Crippen molar-refractivity contribution in [2.75, 3.05) is 25.6 Å². The second-order valence-corrected chi connectivity index (χ2v) is 8.06. The Morgan fingerprint density at radius 1 is 1.15 bits per heavy atom. The molecular formula is C25H25ClN2O6. The Morgan fingerprint density at radius 2 is 1.91 bits per heavy atom. The Morgan fingerprint density at radius 3 is 2.62 bits per heavy atom. The number of anilines is 1. The molecule has 9 heteroatoms. The maximum absolute atomic E-state index is 12.5. The van der Waals surface area contributed by atoms with E-state index in [0.29, 0.717) is 53.5 Å². The van der Waals surface area contributed by atoms with Gasteiger partial charge in [0.05, 0.1) is 42.3 Å². The van der Waals surface area contributed by atoms with Crippen LogP contribution >= 0.6 is 11.6 Å².